The maximum atomic E-state index is 12.2. The third-order valence-electron chi connectivity index (χ3n) is 3.79. The molecule has 0 radical (unpaired) electrons. The van der Waals surface area contributed by atoms with Crippen molar-refractivity contribution < 1.29 is 19.1 Å². The zero-order valence-electron chi connectivity index (χ0n) is 12.0. The summed E-state index contributed by atoms with van der Waals surface area (Å²) >= 11 is 0. The second kappa shape index (κ2) is 4.91. The first-order chi connectivity index (χ1) is 9.97. The first kappa shape index (κ1) is 13.7. The first-order valence-corrected chi connectivity index (χ1v) is 6.88. The molecule has 1 saturated heterocycles. The minimum absolute atomic E-state index is 0.157. The van der Waals surface area contributed by atoms with Gasteiger partial charge in [0.2, 0.25) is 0 Å². The molecule has 5 nitrogen and oxygen atoms in total. The molecule has 1 amide bonds. The van der Waals surface area contributed by atoms with Gasteiger partial charge in [-0.2, -0.15) is 0 Å². The third kappa shape index (κ3) is 2.51. The van der Waals surface area contributed by atoms with Gasteiger partial charge in [-0.15, -0.1) is 0 Å². The van der Waals surface area contributed by atoms with Crippen molar-refractivity contribution in [3.8, 4) is 5.75 Å². The number of hydrogen-bond donors (Lipinski definition) is 1. The van der Waals surface area contributed by atoms with Gasteiger partial charge in [0, 0.05) is 17.5 Å². The van der Waals surface area contributed by atoms with Gasteiger partial charge in [-0.05, 0) is 12.1 Å². The number of carbonyl (C=O) groups excluding carboxylic acids is 2. The lowest BCUT2D eigenvalue weighted by Crippen LogP contribution is -2.36. The average molecular weight is 287 g/mol. The van der Waals surface area contributed by atoms with Gasteiger partial charge >= 0.3 is 5.97 Å². The van der Waals surface area contributed by atoms with Crippen molar-refractivity contribution >= 4 is 18.0 Å². The minimum atomic E-state index is -0.761. The van der Waals surface area contributed by atoms with Gasteiger partial charge in [-0.25, -0.2) is 4.79 Å². The number of ether oxygens (including phenoxy) is 2. The summed E-state index contributed by atoms with van der Waals surface area (Å²) in [5.41, 5.74) is 0.857. The monoisotopic (exact) mass is 287 g/mol. The van der Waals surface area contributed by atoms with Crippen molar-refractivity contribution in [2.24, 2.45) is 5.41 Å². The Balaban J connectivity index is 1.78. The second-order valence-corrected chi connectivity index (χ2v) is 5.99. The molecule has 0 saturated carbocycles. The number of hydrogen-bond acceptors (Lipinski definition) is 4. The lowest BCUT2D eigenvalue weighted by Gasteiger charge is -2.24. The number of para-hydroxylation sites is 1. The summed E-state index contributed by atoms with van der Waals surface area (Å²) < 4.78 is 10.9. The summed E-state index contributed by atoms with van der Waals surface area (Å²) in [6.45, 7) is 4.45. The summed E-state index contributed by atoms with van der Waals surface area (Å²) in [7, 11) is 0. The summed E-state index contributed by atoms with van der Waals surface area (Å²) in [4.78, 5) is 24.0. The van der Waals surface area contributed by atoms with Gasteiger partial charge in [0.25, 0.3) is 5.91 Å². The Labute approximate surface area is 122 Å². The fourth-order valence-corrected chi connectivity index (χ4v) is 2.48. The quantitative estimate of drug-likeness (QED) is 0.838. The van der Waals surface area contributed by atoms with Crippen molar-refractivity contribution in [3.05, 3.63) is 35.4 Å². The van der Waals surface area contributed by atoms with Crippen LogP contribution >= 0.6 is 0 Å². The standard InChI is InChI=1S/C16H17NO4/c1-16(2)9-17-14(18)13(16)21-15(19)11-7-10-5-3-4-6-12(10)20-8-11/h3-7,13H,8-9H2,1-2H3,(H,17,18). The predicted octanol–water partition coefficient (Wildman–Crippen LogP) is 1.53. The Kier molecular flexibility index (Phi) is 3.20. The Morgan fingerprint density at radius 1 is 1.38 bits per heavy atom. The van der Waals surface area contributed by atoms with Gasteiger partial charge in [-0.3, -0.25) is 4.79 Å². The summed E-state index contributed by atoms with van der Waals surface area (Å²) in [6.07, 6.45) is 0.990. The number of esters is 1. The molecular formula is C16H17NO4. The summed E-state index contributed by atoms with van der Waals surface area (Å²) in [5, 5.41) is 2.72. The van der Waals surface area contributed by atoms with Crippen molar-refractivity contribution in [2.45, 2.75) is 20.0 Å². The molecule has 5 heteroatoms. The molecule has 2 heterocycles. The van der Waals surface area contributed by atoms with E-state index in [1.165, 1.54) is 0 Å². The Morgan fingerprint density at radius 3 is 2.86 bits per heavy atom. The smallest absolute Gasteiger partial charge is 0.338 e. The molecule has 0 aromatic heterocycles. The molecule has 3 rings (SSSR count). The molecule has 1 fully saturated rings. The summed E-state index contributed by atoms with van der Waals surface area (Å²) in [5.74, 6) is -0.00121. The zero-order chi connectivity index (χ0) is 15.0. The maximum absolute atomic E-state index is 12.2. The van der Waals surface area contributed by atoms with E-state index >= 15 is 0 Å². The second-order valence-electron chi connectivity index (χ2n) is 5.99. The van der Waals surface area contributed by atoms with Crippen molar-refractivity contribution in [2.75, 3.05) is 13.2 Å². The molecule has 0 spiro atoms. The van der Waals surface area contributed by atoms with E-state index < -0.39 is 17.5 Å². The van der Waals surface area contributed by atoms with E-state index in [0.717, 1.165) is 11.3 Å². The first-order valence-electron chi connectivity index (χ1n) is 6.88. The normalized spacial score (nSPS) is 22.7. The molecule has 1 aromatic rings. The molecular weight excluding hydrogens is 270 g/mol. The Bertz CT molecular complexity index is 633. The molecule has 2 aliphatic heterocycles. The van der Waals surface area contributed by atoms with Crippen LogP contribution in [0.2, 0.25) is 0 Å². The Morgan fingerprint density at radius 2 is 2.14 bits per heavy atom. The van der Waals surface area contributed by atoms with Gasteiger partial charge in [0.15, 0.2) is 6.10 Å². The van der Waals surface area contributed by atoms with Crippen LogP contribution in [0, 0.1) is 5.41 Å². The highest BCUT2D eigenvalue weighted by Gasteiger charge is 2.44. The van der Waals surface area contributed by atoms with Crippen LogP contribution in [-0.2, 0) is 14.3 Å². The molecule has 1 atom stereocenters. The molecule has 1 N–H and O–H groups in total. The van der Waals surface area contributed by atoms with Gasteiger partial charge < -0.3 is 14.8 Å². The molecule has 2 aliphatic rings. The number of benzene rings is 1. The van der Waals surface area contributed by atoms with Crippen LogP contribution < -0.4 is 10.1 Å². The SMILES string of the molecule is CC1(C)CNC(=O)C1OC(=O)C1=Cc2ccccc2OC1. The van der Waals surface area contributed by atoms with Crippen LogP contribution in [0.1, 0.15) is 19.4 Å². The molecule has 0 aliphatic carbocycles. The predicted molar refractivity (Wildman–Crippen MR) is 76.6 cm³/mol. The van der Waals surface area contributed by atoms with Crippen LogP contribution in [-0.4, -0.2) is 31.1 Å². The van der Waals surface area contributed by atoms with E-state index in [2.05, 4.69) is 5.32 Å². The minimum Gasteiger partial charge on any atom is -0.488 e. The van der Waals surface area contributed by atoms with E-state index in [1.54, 1.807) is 6.08 Å². The largest absolute Gasteiger partial charge is 0.488 e. The van der Waals surface area contributed by atoms with Crippen molar-refractivity contribution in [1.82, 2.24) is 5.32 Å². The lowest BCUT2D eigenvalue weighted by atomic mass is 9.89. The highest BCUT2D eigenvalue weighted by atomic mass is 16.6. The molecule has 110 valence electrons. The maximum Gasteiger partial charge on any atom is 0.338 e. The molecule has 21 heavy (non-hydrogen) atoms. The van der Waals surface area contributed by atoms with Crippen LogP contribution in [0.4, 0.5) is 0 Å². The molecule has 0 bridgehead atoms. The number of fused-ring (bicyclic) bond motifs is 1. The van der Waals surface area contributed by atoms with Crippen LogP contribution in [0.15, 0.2) is 29.8 Å². The number of rotatable bonds is 2. The van der Waals surface area contributed by atoms with E-state index in [0.29, 0.717) is 12.1 Å². The average Bonchev–Trinajstić information content (AvgIpc) is 2.73. The number of amides is 1. The van der Waals surface area contributed by atoms with E-state index in [1.807, 2.05) is 38.1 Å². The van der Waals surface area contributed by atoms with E-state index in [9.17, 15) is 9.59 Å². The van der Waals surface area contributed by atoms with Crippen LogP contribution in [0.5, 0.6) is 5.75 Å². The van der Waals surface area contributed by atoms with Gasteiger partial charge in [-0.1, -0.05) is 32.0 Å². The highest BCUT2D eigenvalue weighted by molar-refractivity contribution is 5.97. The van der Waals surface area contributed by atoms with Crippen molar-refractivity contribution in [3.63, 3.8) is 0 Å². The zero-order valence-corrected chi connectivity index (χ0v) is 12.0. The Hall–Kier alpha value is -2.30. The number of nitrogens with one attached hydrogen (secondary N) is 1. The number of carbonyl (C=O) groups is 2. The molecule has 1 unspecified atom stereocenters. The fraction of sp³-hybridized carbons (Fsp3) is 0.375. The van der Waals surface area contributed by atoms with E-state index in [4.69, 9.17) is 9.47 Å². The van der Waals surface area contributed by atoms with Gasteiger partial charge in [0.1, 0.15) is 12.4 Å². The van der Waals surface area contributed by atoms with Crippen LogP contribution in [0.25, 0.3) is 6.08 Å². The third-order valence-corrected chi connectivity index (χ3v) is 3.79. The highest BCUT2D eigenvalue weighted by Crippen LogP contribution is 2.30. The van der Waals surface area contributed by atoms with Gasteiger partial charge in [0.05, 0.1) is 5.57 Å². The van der Waals surface area contributed by atoms with Crippen LogP contribution in [0.3, 0.4) is 0 Å². The summed E-state index contributed by atoms with van der Waals surface area (Å²) in [6, 6.07) is 7.47. The topological polar surface area (TPSA) is 64.6 Å². The fourth-order valence-electron chi connectivity index (χ4n) is 2.48. The van der Waals surface area contributed by atoms with Crippen molar-refractivity contribution in [1.29, 1.82) is 0 Å². The lowest BCUT2D eigenvalue weighted by molar-refractivity contribution is -0.155. The van der Waals surface area contributed by atoms with E-state index in [-0.39, 0.29) is 12.5 Å². The molecule has 1 aromatic carbocycles.